The van der Waals surface area contributed by atoms with E-state index in [9.17, 15) is 9.90 Å². The van der Waals surface area contributed by atoms with Crippen LogP contribution in [0.4, 0.5) is 4.79 Å². The lowest BCUT2D eigenvalue weighted by Gasteiger charge is -2.76. The summed E-state index contributed by atoms with van der Waals surface area (Å²) in [6.45, 7) is 7.91. The van der Waals surface area contributed by atoms with Crippen molar-refractivity contribution in [3.8, 4) is 0 Å². The normalized spacial score (nSPS) is 38.3. The fraction of sp³-hybridized carbons (Fsp3) is 0.917. The maximum Gasteiger partial charge on any atom is 0.408 e. The minimum absolute atomic E-state index is 0.113. The second-order valence-corrected chi connectivity index (χ2v) is 6.69. The largest absolute Gasteiger partial charge is 0.465 e. The zero-order valence-corrected chi connectivity index (χ0v) is 10.6. The highest BCUT2D eigenvalue weighted by molar-refractivity contribution is 5.68. The summed E-state index contributed by atoms with van der Waals surface area (Å²) in [5, 5.41) is 9.35. The van der Waals surface area contributed by atoms with Crippen LogP contribution in [0.5, 0.6) is 0 Å². The number of amides is 1. The van der Waals surface area contributed by atoms with Crippen molar-refractivity contribution in [2.75, 3.05) is 0 Å². The smallest absolute Gasteiger partial charge is 0.408 e. The number of hydrogen-bond acceptors (Lipinski definition) is 2. The monoisotopic (exact) mass is 226 g/mol. The van der Waals surface area contributed by atoms with Gasteiger partial charge in [0.2, 0.25) is 0 Å². The number of carbonyl (C=O) groups is 1. The van der Waals surface area contributed by atoms with Gasteiger partial charge >= 0.3 is 6.09 Å². The van der Waals surface area contributed by atoms with Gasteiger partial charge in [-0.25, -0.2) is 4.79 Å². The van der Waals surface area contributed by atoms with Gasteiger partial charge in [0.1, 0.15) is 0 Å². The Kier molecular flexibility index (Phi) is 2.13. The van der Waals surface area contributed by atoms with Gasteiger partial charge in [-0.3, -0.25) is 4.90 Å². The quantitative estimate of drug-likeness (QED) is 0.757. The van der Waals surface area contributed by atoms with Gasteiger partial charge in [0, 0.05) is 17.1 Å². The van der Waals surface area contributed by atoms with Crippen LogP contribution >= 0.6 is 0 Å². The van der Waals surface area contributed by atoms with Gasteiger partial charge in [0.05, 0.1) is 0 Å². The lowest BCUT2D eigenvalue weighted by atomic mass is 9.36. The van der Waals surface area contributed by atoms with Crippen LogP contribution in [0.1, 0.15) is 47.0 Å². The third-order valence-corrected chi connectivity index (χ3v) is 4.35. The summed E-state index contributed by atoms with van der Waals surface area (Å²) in [6, 6.07) is 0.185. The van der Waals surface area contributed by atoms with Crippen molar-refractivity contribution in [3.63, 3.8) is 0 Å². The average Bonchev–Trinajstić information content (AvgIpc) is 1.87. The summed E-state index contributed by atoms with van der Waals surface area (Å²) in [4.78, 5) is 13.0. The van der Waals surface area contributed by atoms with E-state index in [0.29, 0.717) is 0 Å². The molecule has 3 rings (SSSR count). The predicted octanol–water partition coefficient (Wildman–Crippen LogP) is 2.03. The minimum Gasteiger partial charge on any atom is -0.465 e. The summed E-state index contributed by atoms with van der Waals surface area (Å²) in [6.07, 6.45) is 2.04. The molecule has 4 nitrogen and oxygen atoms in total. The van der Waals surface area contributed by atoms with E-state index in [4.69, 9.17) is 5.73 Å². The molecule has 0 aromatic carbocycles. The van der Waals surface area contributed by atoms with Crippen LogP contribution in [0.3, 0.4) is 0 Å². The van der Waals surface area contributed by atoms with Crippen molar-refractivity contribution >= 4 is 6.09 Å². The second-order valence-electron chi connectivity index (χ2n) is 6.69. The van der Waals surface area contributed by atoms with Crippen molar-refractivity contribution in [2.24, 2.45) is 11.1 Å². The molecule has 1 unspecified atom stereocenters. The van der Waals surface area contributed by atoms with Gasteiger partial charge in [-0.15, -0.1) is 0 Å². The third-order valence-electron chi connectivity index (χ3n) is 4.35. The highest BCUT2D eigenvalue weighted by atomic mass is 16.4. The van der Waals surface area contributed by atoms with Crippen LogP contribution in [-0.2, 0) is 0 Å². The first-order chi connectivity index (χ1) is 7.13. The highest BCUT2D eigenvalue weighted by Gasteiger charge is 2.73. The van der Waals surface area contributed by atoms with E-state index in [-0.39, 0.29) is 22.5 Å². The van der Waals surface area contributed by atoms with Crippen LogP contribution < -0.4 is 5.73 Å². The number of carboxylic acid groups (broad SMARTS) is 1. The topological polar surface area (TPSA) is 66.6 Å². The standard InChI is InChI=1S/C12H22N2O2/c1-8(13)11-5-12(6-11,7-11)14(9(15)16)10(2,3)4/h8H,5-7,13H2,1-4H3,(H,15,16). The Balaban J connectivity index is 2.14. The molecule has 4 heteroatoms. The summed E-state index contributed by atoms with van der Waals surface area (Å²) >= 11 is 0. The molecule has 0 aromatic rings. The maximum absolute atomic E-state index is 11.4. The van der Waals surface area contributed by atoms with E-state index < -0.39 is 6.09 Å². The molecule has 1 amide bonds. The highest BCUT2D eigenvalue weighted by Crippen LogP contribution is 2.71. The molecule has 0 aliphatic heterocycles. The van der Waals surface area contributed by atoms with Gasteiger partial charge in [0.15, 0.2) is 0 Å². The Labute approximate surface area is 96.8 Å². The molecular weight excluding hydrogens is 204 g/mol. The van der Waals surface area contributed by atoms with Crippen molar-refractivity contribution in [2.45, 2.75) is 64.1 Å². The molecule has 1 atom stereocenters. The first kappa shape index (κ1) is 11.7. The summed E-state index contributed by atoms with van der Waals surface area (Å²) in [5.41, 5.74) is 5.75. The van der Waals surface area contributed by atoms with Crippen LogP contribution in [0, 0.1) is 5.41 Å². The Morgan fingerprint density at radius 3 is 2.06 bits per heavy atom. The molecule has 3 aliphatic carbocycles. The molecule has 3 N–H and O–H groups in total. The molecule has 0 aromatic heterocycles. The second kappa shape index (κ2) is 2.92. The first-order valence-electron chi connectivity index (χ1n) is 5.92. The molecule has 2 bridgehead atoms. The zero-order valence-electron chi connectivity index (χ0n) is 10.6. The summed E-state index contributed by atoms with van der Waals surface area (Å²) in [7, 11) is 0. The fourth-order valence-corrected chi connectivity index (χ4v) is 3.73. The van der Waals surface area contributed by atoms with Crippen molar-refractivity contribution in [1.82, 2.24) is 4.90 Å². The third kappa shape index (κ3) is 1.29. The van der Waals surface area contributed by atoms with Crippen molar-refractivity contribution < 1.29 is 9.90 Å². The van der Waals surface area contributed by atoms with Crippen LogP contribution in [0.15, 0.2) is 0 Å². The zero-order chi connectivity index (χ0) is 12.4. The molecule has 92 valence electrons. The molecule has 3 aliphatic rings. The van der Waals surface area contributed by atoms with Gasteiger partial charge in [0.25, 0.3) is 0 Å². The molecule has 0 saturated heterocycles. The van der Waals surface area contributed by atoms with E-state index in [2.05, 4.69) is 0 Å². The molecule has 16 heavy (non-hydrogen) atoms. The Bertz CT molecular complexity index is 311. The molecule has 0 spiro atoms. The Morgan fingerprint density at radius 2 is 1.81 bits per heavy atom. The van der Waals surface area contributed by atoms with Crippen molar-refractivity contribution in [3.05, 3.63) is 0 Å². The van der Waals surface area contributed by atoms with Gasteiger partial charge in [-0.1, -0.05) is 0 Å². The minimum atomic E-state index is -0.800. The van der Waals surface area contributed by atoms with Gasteiger partial charge in [-0.2, -0.15) is 0 Å². The van der Waals surface area contributed by atoms with Crippen LogP contribution in [0.2, 0.25) is 0 Å². The van der Waals surface area contributed by atoms with Crippen molar-refractivity contribution in [1.29, 1.82) is 0 Å². The summed E-state index contributed by atoms with van der Waals surface area (Å²) in [5.74, 6) is 0. The Hall–Kier alpha value is -0.770. The maximum atomic E-state index is 11.4. The molecular formula is C12H22N2O2. The van der Waals surface area contributed by atoms with Gasteiger partial charge < -0.3 is 10.8 Å². The van der Waals surface area contributed by atoms with E-state index in [1.807, 2.05) is 27.7 Å². The molecule has 0 radical (unpaired) electrons. The van der Waals surface area contributed by atoms with Gasteiger partial charge in [-0.05, 0) is 52.4 Å². The SMILES string of the molecule is CC(N)C12CC(N(C(=O)O)C(C)(C)C)(C1)C2. The average molecular weight is 226 g/mol. The number of nitrogens with zero attached hydrogens (tertiary/aromatic N) is 1. The van der Waals surface area contributed by atoms with Crippen LogP contribution in [0.25, 0.3) is 0 Å². The lowest BCUT2D eigenvalue weighted by Crippen LogP contribution is -2.81. The van der Waals surface area contributed by atoms with E-state index in [1.54, 1.807) is 4.90 Å². The first-order valence-corrected chi connectivity index (χ1v) is 5.92. The predicted molar refractivity (Wildman–Crippen MR) is 62.3 cm³/mol. The number of hydrogen-bond donors (Lipinski definition) is 2. The van der Waals surface area contributed by atoms with E-state index in [0.717, 1.165) is 19.3 Å². The van der Waals surface area contributed by atoms with E-state index >= 15 is 0 Å². The summed E-state index contributed by atoms with van der Waals surface area (Å²) < 4.78 is 0. The lowest BCUT2D eigenvalue weighted by molar-refractivity contribution is -0.233. The van der Waals surface area contributed by atoms with Crippen LogP contribution in [-0.4, -0.2) is 33.2 Å². The van der Waals surface area contributed by atoms with E-state index in [1.165, 1.54) is 0 Å². The molecule has 0 heterocycles. The Morgan fingerprint density at radius 1 is 1.38 bits per heavy atom. The fourth-order valence-electron chi connectivity index (χ4n) is 3.73. The number of nitrogens with two attached hydrogens (primary N) is 1. The number of rotatable bonds is 2. The molecule has 3 fully saturated rings. The molecule has 3 saturated carbocycles.